The smallest absolute Gasteiger partial charge is 0.193 e. The Morgan fingerprint density at radius 3 is 2.31 bits per heavy atom. The van der Waals surface area contributed by atoms with Gasteiger partial charge in [0.1, 0.15) is 0 Å². The SMILES string of the molecule is O=C1C2=C3C(=CC=C4C(=O)c5ccccc5C(C=C2)C43)c2ccccc21. The molecule has 0 radical (unpaired) electrons. The maximum atomic E-state index is 13.1. The molecule has 26 heavy (non-hydrogen) atoms. The lowest BCUT2D eigenvalue weighted by atomic mass is 9.60. The number of Topliss-reactive ketones (excluding diaryl/α,β-unsaturated/α-hetero) is 2. The molecule has 0 saturated heterocycles. The van der Waals surface area contributed by atoms with Gasteiger partial charge in [0.15, 0.2) is 11.6 Å². The van der Waals surface area contributed by atoms with Crippen LogP contribution in [-0.2, 0) is 0 Å². The molecule has 6 rings (SSSR count). The van der Waals surface area contributed by atoms with Crippen molar-refractivity contribution in [1.29, 1.82) is 0 Å². The fourth-order valence-electron chi connectivity index (χ4n) is 4.92. The van der Waals surface area contributed by atoms with Crippen LogP contribution in [0.2, 0.25) is 0 Å². The van der Waals surface area contributed by atoms with Crippen molar-refractivity contribution >= 4 is 17.1 Å². The second-order valence-corrected chi connectivity index (χ2v) is 7.18. The van der Waals surface area contributed by atoms with Crippen LogP contribution in [0.5, 0.6) is 0 Å². The van der Waals surface area contributed by atoms with Crippen LogP contribution in [0.15, 0.2) is 89.6 Å². The number of hydrogen-bond donors (Lipinski definition) is 0. The van der Waals surface area contributed by atoms with Crippen LogP contribution in [0.3, 0.4) is 0 Å². The van der Waals surface area contributed by atoms with Crippen molar-refractivity contribution in [3.63, 3.8) is 0 Å². The molecule has 0 N–H and O–H groups in total. The molecule has 2 nitrogen and oxygen atoms in total. The molecule has 2 aromatic carbocycles. The van der Waals surface area contributed by atoms with Gasteiger partial charge >= 0.3 is 0 Å². The summed E-state index contributed by atoms with van der Waals surface area (Å²) in [5, 5.41) is 0. The third kappa shape index (κ3) is 1.53. The number of rotatable bonds is 0. The van der Waals surface area contributed by atoms with Crippen LogP contribution >= 0.6 is 0 Å². The van der Waals surface area contributed by atoms with Crippen LogP contribution in [0, 0.1) is 5.92 Å². The van der Waals surface area contributed by atoms with Crippen LogP contribution in [0.4, 0.5) is 0 Å². The van der Waals surface area contributed by atoms with Crippen molar-refractivity contribution < 1.29 is 9.59 Å². The lowest BCUT2D eigenvalue weighted by Gasteiger charge is -2.42. The van der Waals surface area contributed by atoms with E-state index >= 15 is 0 Å². The number of fused-ring (bicyclic) bond motifs is 4. The lowest BCUT2D eigenvalue weighted by Crippen LogP contribution is -2.34. The van der Waals surface area contributed by atoms with E-state index in [1.165, 1.54) is 0 Å². The zero-order chi connectivity index (χ0) is 17.4. The molecule has 0 heterocycles. The van der Waals surface area contributed by atoms with E-state index in [1.807, 2.05) is 66.8 Å². The minimum atomic E-state index is -0.0605. The summed E-state index contributed by atoms with van der Waals surface area (Å²) in [7, 11) is 0. The van der Waals surface area contributed by atoms with E-state index in [0.717, 1.165) is 44.5 Å². The van der Waals surface area contributed by atoms with E-state index in [1.54, 1.807) is 0 Å². The Morgan fingerprint density at radius 1 is 0.731 bits per heavy atom. The molecule has 0 spiro atoms. The number of hydrogen-bond acceptors (Lipinski definition) is 2. The van der Waals surface area contributed by atoms with Crippen molar-refractivity contribution in [2.24, 2.45) is 5.92 Å². The fraction of sp³-hybridized carbons (Fsp3) is 0.0833. The Balaban J connectivity index is 1.69. The van der Waals surface area contributed by atoms with E-state index in [-0.39, 0.29) is 23.4 Å². The van der Waals surface area contributed by atoms with Gasteiger partial charge in [0, 0.05) is 34.1 Å². The summed E-state index contributed by atoms with van der Waals surface area (Å²) in [5.74, 6) is 0.200. The number of carbonyl (C=O) groups excluding carboxylic acids is 2. The lowest BCUT2D eigenvalue weighted by molar-refractivity contribution is 0.100. The summed E-state index contributed by atoms with van der Waals surface area (Å²) >= 11 is 0. The zero-order valence-electron chi connectivity index (χ0n) is 13.9. The number of ketones is 2. The molecule has 0 aromatic heterocycles. The van der Waals surface area contributed by atoms with Crippen LogP contribution in [-0.4, -0.2) is 11.6 Å². The van der Waals surface area contributed by atoms with Gasteiger partial charge < -0.3 is 0 Å². The molecule has 122 valence electrons. The van der Waals surface area contributed by atoms with Gasteiger partial charge in [-0.05, 0) is 22.3 Å². The van der Waals surface area contributed by atoms with Crippen molar-refractivity contribution in [2.45, 2.75) is 5.92 Å². The number of carbonyl (C=O) groups is 2. The standard InChI is InChI=1S/C24H14O2/c25-23-17-7-3-1-5-13(17)15-9-11-20-22-16(10-12-19(23)21(15)22)14-6-2-4-8-18(14)24(20)26/h1-12,15,21H. The van der Waals surface area contributed by atoms with E-state index in [4.69, 9.17) is 0 Å². The quantitative estimate of drug-likeness (QED) is 0.702. The molecular weight excluding hydrogens is 320 g/mol. The number of allylic oxidation sites excluding steroid dienone is 8. The Labute approximate surface area is 150 Å². The highest BCUT2D eigenvalue weighted by atomic mass is 16.1. The normalized spacial score (nSPS) is 24.5. The van der Waals surface area contributed by atoms with Gasteiger partial charge in [-0.25, -0.2) is 0 Å². The topological polar surface area (TPSA) is 34.1 Å². The van der Waals surface area contributed by atoms with Crippen LogP contribution in [0.1, 0.15) is 37.8 Å². The van der Waals surface area contributed by atoms with Crippen LogP contribution in [0.25, 0.3) is 5.57 Å². The van der Waals surface area contributed by atoms with Gasteiger partial charge in [-0.1, -0.05) is 72.8 Å². The van der Waals surface area contributed by atoms with E-state index < -0.39 is 0 Å². The molecule has 2 atom stereocenters. The summed E-state index contributed by atoms with van der Waals surface area (Å²) in [4.78, 5) is 26.2. The predicted molar refractivity (Wildman–Crippen MR) is 100 cm³/mol. The monoisotopic (exact) mass is 334 g/mol. The van der Waals surface area contributed by atoms with E-state index in [2.05, 4.69) is 6.08 Å². The minimum Gasteiger partial charge on any atom is -0.289 e. The largest absolute Gasteiger partial charge is 0.289 e. The molecular formula is C24H14O2. The second kappa shape index (κ2) is 4.67. The molecule has 4 aliphatic rings. The minimum absolute atomic E-state index is 0.0605. The predicted octanol–water partition coefficient (Wildman–Crippen LogP) is 4.67. The third-order valence-electron chi connectivity index (χ3n) is 6.02. The van der Waals surface area contributed by atoms with Gasteiger partial charge in [-0.3, -0.25) is 9.59 Å². The third-order valence-corrected chi connectivity index (χ3v) is 6.02. The van der Waals surface area contributed by atoms with Crippen molar-refractivity contribution in [3.8, 4) is 0 Å². The molecule has 4 aliphatic carbocycles. The Kier molecular flexibility index (Phi) is 2.51. The molecule has 2 heteroatoms. The molecule has 0 fully saturated rings. The Bertz CT molecular complexity index is 1170. The van der Waals surface area contributed by atoms with Gasteiger partial charge in [0.05, 0.1) is 0 Å². The van der Waals surface area contributed by atoms with Crippen LogP contribution < -0.4 is 0 Å². The van der Waals surface area contributed by atoms with E-state index in [0.29, 0.717) is 0 Å². The first kappa shape index (κ1) is 14.0. The molecule has 2 unspecified atom stereocenters. The fourth-order valence-corrected chi connectivity index (χ4v) is 4.92. The Morgan fingerprint density at radius 2 is 1.46 bits per heavy atom. The van der Waals surface area contributed by atoms with Gasteiger partial charge in [-0.15, -0.1) is 0 Å². The molecule has 2 aromatic rings. The second-order valence-electron chi connectivity index (χ2n) is 7.18. The molecule has 0 aliphatic heterocycles. The van der Waals surface area contributed by atoms with Gasteiger partial charge in [-0.2, -0.15) is 0 Å². The summed E-state index contributed by atoms with van der Waals surface area (Å²) in [6.45, 7) is 0. The first-order valence-electron chi connectivity index (χ1n) is 8.88. The van der Waals surface area contributed by atoms with E-state index in [9.17, 15) is 9.59 Å². The summed E-state index contributed by atoms with van der Waals surface area (Å²) in [5.41, 5.74) is 7.25. The number of benzene rings is 2. The molecule has 0 saturated carbocycles. The first-order chi connectivity index (χ1) is 12.8. The highest BCUT2D eigenvalue weighted by Gasteiger charge is 2.46. The summed E-state index contributed by atoms with van der Waals surface area (Å²) < 4.78 is 0. The maximum Gasteiger partial charge on any atom is 0.193 e. The highest BCUT2D eigenvalue weighted by molar-refractivity contribution is 6.22. The summed E-state index contributed by atoms with van der Waals surface area (Å²) in [6.07, 6.45) is 8.07. The van der Waals surface area contributed by atoms with Gasteiger partial charge in [0.25, 0.3) is 0 Å². The Hall–Kier alpha value is -3.26. The van der Waals surface area contributed by atoms with Crippen molar-refractivity contribution in [2.75, 3.05) is 0 Å². The zero-order valence-corrected chi connectivity index (χ0v) is 13.9. The highest BCUT2D eigenvalue weighted by Crippen LogP contribution is 2.54. The molecule has 0 amide bonds. The van der Waals surface area contributed by atoms with Crippen molar-refractivity contribution in [3.05, 3.63) is 112 Å². The average molecular weight is 334 g/mol. The maximum absolute atomic E-state index is 13.1. The summed E-state index contributed by atoms with van der Waals surface area (Å²) in [6, 6.07) is 15.6. The average Bonchev–Trinajstić information content (AvgIpc) is 2.70. The van der Waals surface area contributed by atoms with Crippen molar-refractivity contribution in [1.82, 2.24) is 0 Å². The molecule has 0 bridgehead atoms. The first-order valence-corrected chi connectivity index (χ1v) is 8.88. The van der Waals surface area contributed by atoms with Gasteiger partial charge in [0.2, 0.25) is 0 Å².